The topological polar surface area (TPSA) is 34.4 Å². The molecule has 0 unspecified atom stereocenters. The molecule has 0 fully saturated rings. The van der Waals surface area contributed by atoms with Gasteiger partial charge in [0.15, 0.2) is 0 Å². The Morgan fingerprint density at radius 1 is 1.04 bits per heavy atom. The minimum atomic E-state index is 0.00864. The van der Waals surface area contributed by atoms with Crippen molar-refractivity contribution in [3.8, 4) is 0 Å². The minimum absolute atomic E-state index is 0.00864. The highest BCUT2D eigenvalue weighted by atomic mass is 32.2. The summed E-state index contributed by atoms with van der Waals surface area (Å²) >= 11 is 1.61. The van der Waals surface area contributed by atoms with Crippen LogP contribution in [0, 0.1) is 0 Å². The molecule has 0 bridgehead atoms. The van der Waals surface area contributed by atoms with Gasteiger partial charge in [-0.25, -0.2) is 4.98 Å². The zero-order chi connectivity index (χ0) is 16.5. The number of imidazole rings is 1. The molecule has 2 heterocycles. The summed E-state index contributed by atoms with van der Waals surface area (Å²) in [5.41, 5.74) is 2.17. The summed E-state index contributed by atoms with van der Waals surface area (Å²) in [6.45, 7) is 2.07. The highest BCUT2D eigenvalue weighted by Crippen LogP contribution is 2.29. The van der Waals surface area contributed by atoms with Crippen molar-refractivity contribution in [2.24, 2.45) is 0 Å². The fourth-order valence-corrected chi connectivity index (χ4v) is 3.67. The average Bonchev–Trinajstić information content (AvgIpc) is 3.00. The number of carbonyl (C=O) groups excluding carboxylic acids is 1. The van der Waals surface area contributed by atoms with Crippen molar-refractivity contribution in [1.29, 1.82) is 0 Å². The molecule has 118 valence electrons. The maximum absolute atomic E-state index is 13.1. The van der Waals surface area contributed by atoms with E-state index in [2.05, 4.69) is 19.1 Å². The number of carbonyl (C=O) groups is 1. The van der Waals surface area contributed by atoms with Gasteiger partial charge in [-0.15, -0.1) is 11.8 Å². The Morgan fingerprint density at radius 3 is 2.58 bits per heavy atom. The lowest BCUT2D eigenvalue weighted by Crippen LogP contribution is -2.06. The van der Waals surface area contributed by atoms with E-state index >= 15 is 0 Å². The summed E-state index contributed by atoms with van der Waals surface area (Å²) in [5.74, 6) is 0.881. The summed E-state index contributed by atoms with van der Waals surface area (Å²) in [4.78, 5) is 17.9. The second-order valence-corrected chi connectivity index (χ2v) is 6.74. The van der Waals surface area contributed by atoms with Gasteiger partial charge in [0, 0.05) is 17.1 Å². The van der Waals surface area contributed by atoms with E-state index in [1.54, 1.807) is 11.8 Å². The second-order valence-electron chi connectivity index (χ2n) is 5.49. The zero-order valence-corrected chi connectivity index (χ0v) is 14.1. The predicted octanol–water partition coefficient (Wildman–Crippen LogP) is 4.83. The Kier molecular flexibility index (Phi) is 3.82. The van der Waals surface area contributed by atoms with Gasteiger partial charge in [0.05, 0.1) is 0 Å². The van der Waals surface area contributed by atoms with Gasteiger partial charge in [-0.2, -0.15) is 0 Å². The van der Waals surface area contributed by atoms with Gasteiger partial charge in [-0.1, -0.05) is 61.5 Å². The third-order valence-corrected chi connectivity index (χ3v) is 4.86. The summed E-state index contributed by atoms with van der Waals surface area (Å²) in [6.07, 6.45) is 1.94. The van der Waals surface area contributed by atoms with E-state index < -0.39 is 0 Å². The molecule has 4 aromatic rings. The SMILES string of the molecule is CCSc1nc2c3ccccc3ccn2c1C(=O)c1ccccc1. The minimum Gasteiger partial charge on any atom is -0.295 e. The van der Waals surface area contributed by atoms with Crippen LogP contribution in [0.4, 0.5) is 0 Å². The number of fused-ring (bicyclic) bond motifs is 3. The van der Waals surface area contributed by atoms with Gasteiger partial charge in [-0.05, 0) is 17.2 Å². The lowest BCUT2D eigenvalue weighted by atomic mass is 10.1. The Bertz CT molecular complexity index is 1040. The molecule has 24 heavy (non-hydrogen) atoms. The monoisotopic (exact) mass is 332 g/mol. The van der Waals surface area contributed by atoms with Gasteiger partial charge in [0.25, 0.3) is 0 Å². The van der Waals surface area contributed by atoms with Gasteiger partial charge in [0.1, 0.15) is 16.4 Å². The van der Waals surface area contributed by atoms with E-state index in [4.69, 9.17) is 4.98 Å². The molecule has 0 aliphatic carbocycles. The first-order valence-electron chi connectivity index (χ1n) is 7.92. The van der Waals surface area contributed by atoms with Crippen LogP contribution in [0.25, 0.3) is 16.4 Å². The molecule has 4 heteroatoms. The standard InChI is InChI=1S/C20H16N2OS/c1-2-24-20-17(18(23)15-9-4-3-5-10-15)22-13-12-14-8-6-7-11-16(14)19(22)21-20/h3-13H,2H2,1H3. The molecular formula is C20H16N2OS. The Labute approximate surface area is 144 Å². The van der Waals surface area contributed by atoms with Crippen LogP contribution in [-0.2, 0) is 0 Å². The summed E-state index contributed by atoms with van der Waals surface area (Å²) in [5, 5.41) is 2.98. The Morgan fingerprint density at radius 2 is 1.79 bits per heavy atom. The summed E-state index contributed by atoms with van der Waals surface area (Å²) in [6, 6.07) is 19.6. The van der Waals surface area contributed by atoms with Crippen LogP contribution in [0.1, 0.15) is 23.0 Å². The highest BCUT2D eigenvalue weighted by molar-refractivity contribution is 7.99. The zero-order valence-electron chi connectivity index (χ0n) is 13.3. The van der Waals surface area contributed by atoms with Gasteiger partial charge in [-0.3, -0.25) is 9.20 Å². The normalized spacial score (nSPS) is 11.2. The van der Waals surface area contributed by atoms with Crippen molar-refractivity contribution in [2.45, 2.75) is 11.9 Å². The maximum atomic E-state index is 13.1. The lowest BCUT2D eigenvalue weighted by Gasteiger charge is -2.05. The Hall–Kier alpha value is -2.59. The van der Waals surface area contributed by atoms with Crippen LogP contribution in [0.3, 0.4) is 0 Å². The average molecular weight is 332 g/mol. The van der Waals surface area contributed by atoms with E-state index in [9.17, 15) is 4.79 Å². The van der Waals surface area contributed by atoms with E-state index in [1.807, 2.05) is 59.1 Å². The van der Waals surface area contributed by atoms with Crippen LogP contribution in [-0.4, -0.2) is 20.9 Å². The van der Waals surface area contributed by atoms with Crippen molar-refractivity contribution in [3.63, 3.8) is 0 Å². The number of benzene rings is 2. The van der Waals surface area contributed by atoms with E-state index in [0.717, 1.165) is 27.2 Å². The summed E-state index contributed by atoms with van der Waals surface area (Å²) in [7, 11) is 0. The molecule has 0 aliphatic rings. The van der Waals surface area contributed by atoms with Crippen molar-refractivity contribution < 1.29 is 4.79 Å². The number of aromatic nitrogens is 2. The summed E-state index contributed by atoms with van der Waals surface area (Å²) < 4.78 is 1.93. The van der Waals surface area contributed by atoms with Gasteiger partial charge >= 0.3 is 0 Å². The molecule has 0 N–H and O–H groups in total. The molecule has 4 rings (SSSR count). The van der Waals surface area contributed by atoms with Crippen molar-refractivity contribution >= 4 is 34.0 Å². The third kappa shape index (κ3) is 2.39. The van der Waals surface area contributed by atoms with Crippen LogP contribution in [0.2, 0.25) is 0 Å². The van der Waals surface area contributed by atoms with Crippen molar-refractivity contribution in [1.82, 2.24) is 9.38 Å². The predicted molar refractivity (Wildman–Crippen MR) is 99.0 cm³/mol. The molecule has 0 atom stereocenters. The van der Waals surface area contributed by atoms with Crippen LogP contribution in [0.15, 0.2) is 71.9 Å². The first-order chi connectivity index (χ1) is 11.8. The van der Waals surface area contributed by atoms with Crippen LogP contribution >= 0.6 is 11.8 Å². The number of nitrogens with zero attached hydrogens (tertiary/aromatic N) is 2. The number of pyridine rings is 1. The molecule has 0 saturated carbocycles. The molecule has 0 amide bonds. The molecule has 0 aliphatic heterocycles. The molecule has 3 nitrogen and oxygen atoms in total. The largest absolute Gasteiger partial charge is 0.295 e. The molecular weight excluding hydrogens is 316 g/mol. The first kappa shape index (κ1) is 15.0. The van der Waals surface area contributed by atoms with Crippen LogP contribution < -0.4 is 0 Å². The molecule has 2 aromatic carbocycles. The number of hydrogen-bond acceptors (Lipinski definition) is 3. The fourth-order valence-electron chi connectivity index (χ4n) is 2.92. The fraction of sp³-hybridized carbons (Fsp3) is 0.100. The van der Waals surface area contributed by atoms with Crippen molar-refractivity contribution in [3.05, 3.63) is 78.1 Å². The highest BCUT2D eigenvalue weighted by Gasteiger charge is 2.21. The lowest BCUT2D eigenvalue weighted by molar-refractivity contribution is 0.103. The Balaban J connectivity index is 2.01. The molecule has 0 spiro atoms. The van der Waals surface area contributed by atoms with E-state index in [1.165, 1.54) is 0 Å². The molecule has 2 aromatic heterocycles. The molecule has 0 saturated heterocycles. The van der Waals surface area contributed by atoms with Crippen molar-refractivity contribution in [2.75, 3.05) is 5.75 Å². The number of ketones is 1. The van der Waals surface area contributed by atoms with Gasteiger partial charge in [0.2, 0.25) is 5.78 Å². The number of hydrogen-bond donors (Lipinski definition) is 0. The molecule has 0 radical (unpaired) electrons. The van der Waals surface area contributed by atoms with E-state index in [0.29, 0.717) is 11.3 Å². The third-order valence-electron chi connectivity index (χ3n) is 4.02. The number of thioether (sulfide) groups is 1. The second kappa shape index (κ2) is 6.13. The van der Waals surface area contributed by atoms with Crippen LogP contribution in [0.5, 0.6) is 0 Å². The smallest absolute Gasteiger partial charge is 0.212 e. The first-order valence-corrected chi connectivity index (χ1v) is 8.90. The van der Waals surface area contributed by atoms with E-state index in [-0.39, 0.29) is 5.78 Å². The van der Waals surface area contributed by atoms with Gasteiger partial charge < -0.3 is 0 Å². The quantitative estimate of drug-likeness (QED) is 0.396. The maximum Gasteiger partial charge on any atom is 0.212 e. The number of rotatable bonds is 4.